The topological polar surface area (TPSA) is 53.1 Å². The minimum absolute atomic E-state index is 0.711. The molecule has 8 rings (SSSR count). The molecular formula is C37H10F15N3O. The van der Waals surface area contributed by atoms with Gasteiger partial charge in [0.05, 0.1) is 16.7 Å². The van der Waals surface area contributed by atoms with Gasteiger partial charge in [0.2, 0.25) is 22.9 Å². The van der Waals surface area contributed by atoms with Crippen molar-refractivity contribution in [2.24, 2.45) is 0 Å². The summed E-state index contributed by atoms with van der Waals surface area (Å²) in [7, 11) is 0. The van der Waals surface area contributed by atoms with E-state index in [0.717, 1.165) is 53.2 Å². The van der Waals surface area contributed by atoms with Crippen LogP contribution in [0.5, 0.6) is 0 Å². The molecule has 0 aliphatic heterocycles. The molecule has 2 N–H and O–H groups in total. The van der Waals surface area contributed by atoms with Gasteiger partial charge in [-0.25, -0.2) is 65.9 Å². The maximum absolute atomic E-state index is 15.6. The third-order valence-corrected chi connectivity index (χ3v) is 9.14. The van der Waals surface area contributed by atoms with E-state index >= 15 is 26.3 Å². The Balaban J connectivity index is 1.73. The summed E-state index contributed by atoms with van der Waals surface area (Å²) in [4.78, 5) is 19.2. The minimum Gasteiger partial charge on any atom is -0.354 e. The van der Waals surface area contributed by atoms with E-state index in [2.05, 4.69) is 9.97 Å². The third-order valence-electron chi connectivity index (χ3n) is 9.14. The second-order valence-electron chi connectivity index (χ2n) is 12.1. The van der Waals surface area contributed by atoms with E-state index < -0.39 is 164 Å². The van der Waals surface area contributed by atoms with Crippen molar-refractivity contribution in [2.45, 2.75) is 0 Å². The number of nitrogens with one attached hydrogen (secondary N) is 2. The van der Waals surface area contributed by atoms with Gasteiger partial charge in [-0.2, -0.15) is 0 Å². The van der Waals surface area contributed by atoms with Crippen molar-refractivity contribution >= 4 is 38.4 Å². The number of hydrogen-bond donors (Lipinski definition) is 2. The second-order valence-corrected chi connectivity index (χ2v) is 12.1. The highest BCUT2D eigenvalue weighted by Crippen LogP contribution is 2.42. The molecule has 19 heteroatoms. The molecule has 0 radical (unpaired) electrons. The predicted octanol–water partition coefficient (Wildman–Crippen LogP) is 11.1. The fourth-order valence-corrected chi connectivity index (χ4v) is 6.66. The number of aromatic nitrogens is 3. The van der Waals surface area contributed by atoms with Crippen LogP contribution in [0.3, 0.4) is 0 Å². The van der Waals surface area contributed by atoms with Crippen LogP contribution in [0.15, 0.2) is 53.6 Å². The molecule has 0 unspecified atom stereocenters. The van der Waals surface area contributed by atoms with Crippen LogP contribution in [0, 0.1) is 87.3 Å². The van der Waals surface area contributed by atoms with Gasteiger partial charge >= 0.3 is 0 Å². The fraction of sp³-hybridized carbons (Fsp3) is 0. The van der Waals surface area contributed by atoms with Crippen LogP contribution in [0.1, 0.15) is 0 Å². The average Bonchev–Trinajstić information content (AvgIpc) is 3.96. The van der Waals surface area contributed by atoms with Crippen LogP contribution in [0.4, 0.5) is 65.9 Å². The van der Waals surface area contributed by atoms with E-state index in [9.17, 15) is 44.3 Å². The Kier molecular flexibility index (Phi) is 8.07. The van der Waals surface area contributed by atoms with E-state index in [4.69, 9.17) is 0 Å². The highest BCUT2D eigenvalue weighted by atomic mass is 19.2. The summed E-state index contributed by atoms with van der Waals surface area (Å²) >= 11 is 0. The lowest BCUT2D eigenvalue weighted by Crippen LogP contribution is -2.09. The number of hydrogen-bond acceptors (Lipinski definition) is 1. The Morgan fingerprint density at radius 1 is 0.321 bits per heavy atom. The summed E-state index contributed by atoms with van der Waals surface area (Å²) in [5, 5.41) is -1.66. The van der Waals surface area contributed by atoms with E-state index in [0.29, 0.717) is 0 Å². The van der Waals surface area contributed by atoms with Crippen molar-refractivity contribution in [3.05, 3.63) is 146 Å². The summed E-state index contributed by atoms with van der Waals surface area (Å²) in [5.41, 5.74) is -13.6. The number of aromatic amines is 2. The zero-order valence-corrected chi connectivity index (χ0v) is 26.6. The number of pyridine rings is 1. The van der Waals surface area contributed by atoms with Crippen molar-refractivity contribution in [1.82, 2.24) is 14.4 Å². The van der Waals surface area contributed by atoms with Crippen molar-refractivity contribution in [3.63, 3.8) is 0 Å². The molecule has 8 aromatic rings. The average molecular weight is 797 g/mol. The summed E-state index contributed by atoms with van der Waals surface area (Å²) in [6, 6.07) is 4.88. The van der Waals surface area contributed by atoms with Crippen LogP contribution in [-0.2, 0) is 0 Å². The summed E-state index contributed by atoms with van der Waals surface area (Å²) in [6.07, 6.45) is 1.96. The highest BCUT2D eigenvalue weighted by Gasteiger charge is 2.33. The van der Waals surface area contributed by atoms with Crippen LogP contribution in [0.25, 0.3) is 71.7 Å². The Morgan fingerprint density at radius 3 is 0.946 bits per heavy atom. The number of benzene rings is 3. The first-order valence-corrected chi connectivity index (χ1v) is 15.3. The van der Waals surface area contributed by atoms with Gasteiger partial charge < -0.3 is 14.4 Å². The lowest BCUT2D eigenvalue weighted by atomic mass is 9.98. The SMILES string of the molecule is O=c1c2ccn3ccc(c(-c4c(F)c(F)c(F)c(F)c4F)c4ccc([nH]4)c(-c4c(F)c(F)c(F)c(F)c4F)c4ccc([nH]4)c2-c2c(F)c(F)c(F)c(F)c2F)c13. The molecule has 0 aliphatic rings. The fourth-order valence-electron chi connectivity index (χ4n) is 6.66. The van der Waals surface area contributed by atoms with Crippen LogP contribution in [-0.4, -0.2) is 14.4 Å². The number of H-pyrrole nitrogens is 2. The molecular weight excluding hydrogens is 787 g/mol. The van der Waals surface area contributed by atoms with Crippen molar-refractivity contribution < 1.29 is 65.9 Å². The van der Waals surface area contributed by atoms with Crippen molar-refractivity contribution in [3.8, 4) is 33.4 Å². The van der Waals surface area contributed by atoms with E-state index in [1.807, 2.05) is 0 Å². The number of halogens is 15. The van der Waals surface area contributed by atoms with Gasteiger partial charge in [0.15, 0.2) is 69.8 Å². The predicted molar refractivity (Wildman–Crippen MR) is 169 cm³/mol. The van der Waals surface area contributed by atoms with E-state index in [-0.39, 0.29) is 0 Å². The van der Waals surface area contributed by atoms with Gasteiger partial charge in [-0.3, -0.25) is 4.79 Å². The zero-order chi connectivity index (χ0) is 40.4. The molecule has 5 aromatic heterocycles. The van der Waals surface area contributed by atoms with E-state index in [1.54, 1.807) is 0 Å². The first kappa shape index (κ1) is 36.3. The highest BCUT2D eigenvalue weighted by molar-refractivity contribution is 6.06. The zero-order valence-electron chi connectivity index (χ0n) is 26.6. The van der Waals surface area contributed by atoms with Crippen LogP contribution in [0.2, 0.25) is 0 Å². The molecule has 0 spiro atoms. The third kappa shape index (κ3) is 4.81. The molecule has 284 valence electrons. The Morgan fingerprint density at radius 2 is 0.589 bits per heavy atom. The molecule has 56 heavy (non-hydrogen) atoms. The summed E-state index contributed by atoms with van der Waals surface area (Å²) < 4.78 is 225. The maximum Gasteiger partial charge on any atom is 0.211 e. The van der Waals surface area contributed by atoms with Crippen LogP contribution >= 0.6 is 0 Å². The Hall–Kier alpha value is -6.66. The molecule has 0 aliphatic carbocycles. The summed E-state index contributed by atoms with van der Waals surface area (Å²) in [6.45, 7) is 0. The van der Waals surface area contributed by atoms with Gasteiger partial charge in [-0.05, 0) is 36.4 Å². The van der Waals surface area contributed by atoms with Crippen molar-refractivity contribution in [1.29, 1.82) is 0 Å². The molecule has 0 saturated carbocycles. The molecule has 6 bridgehead atoms. The summed E-state index contributed by atoms with van der Waals surface area (Å²) in [5.74, 6) is -37.8. The van der Waals surface area contributed by atoms with Gasteiger partial charge in [0.1, 0.15) is 5.52 Å². The second kappa shape index (κ2) is 12.4. The number of fused-ring (bicyclic) bond motifs is 5. The molecule has 0 saturated heterocycles. The Labute approximate surface area is 298 Å². The monoisotopic (exact) mass is 797 g/mol. The minimum atomic E-state index is -2.63. The van der Waals surface area contributed by atoms with Crippen molar-refractivity contribution in [2.75, 3.05) is 0 Å². The molecule has 3 aromatic carbocycles. The standard InChI is InChI=1S/C37H10F15N3O/c38-21-18(22(39)28(45)33(50)27(21)44)15-9-5-7-55-8-6-10(37(56)36(9)55)16(19-23(40)29(46)34(51)30(47)24(19)41)12-2-4-14(54-12)17(13-3-1-11(15)53-13)20-25(42)31(48)35(52)32(49)26(20)43/h1-8,53-54H. The van der Waals surface area contributed by atoms with Crippen LogP contribution < -0.4 is 5.43 Å². The molecule has 4 nitrogen and oxygen atoms in total. The van der Waals surface area contributed by atoms with Gasteiger partial charge in [-0.1, -0.05) is 0 Å². The maximum atomic E-state index is 15.6. The van der Waals surface area contributed by atoms with Gasteiger partial charge in [-0.15, -0.1) is 0 Å². The molecule has 5 heterocycles. The van der Waals surface area contributed by atoms with E-state index in [1.165, 1.54) is 0 Å². The van der Waals surface area contributed by atoms with Gasteiger partial charge in [0.25, 0.3) is 0 Å². The number of nitrogens with zero attached hydrogens (tertiary/aromatic N) is 1. The molecule has 0 fully saturated rings. The molecule has 0 amide bonds. The first-order chi connectivity index (χ1) is 26.5. The quantitative estimate of drug-likeness (QED) is 0.104. The smallest absolute Gasteiger partial charge is 0.211 e. The normalized spacial score (nSPS) is 11.9. The number of rotatable bonds is 3. The Bertz CT molecular complexity index is 3100. The molecule has 0 atom stereocenters. The lowest BCUT2D eigenvalue weighted by molar-refractivity contribution is 0.381. The van der Waals surface area contributed by atoms with Gasteiger partial charge in [0, 0.05) is 61.9 Å². The first-order valence-electron chi connectivity index (χ1n) is 15.3. The largest absolute Gasteiger partial charge is 0.354 e. The lowest BCUT2D eigenvalue weighted by Gasteiger charge is -2.11.